The zero-order valence-corrected chi connectivity index (χ0v) is 12.9. The standard InChI is InChI=1S/C17H27NO2/c1-13-5-6-16(11-15(13)3)20-10-4-8-18-9-7-14(2)17(19)12-18/h5-6,11,14,17,19H,4,7-10,12H2,1-3H3. The predicted molar refractivity (Wildman–Crippen MR) is 82.3 cm³/mol. The fourth-order valence-electron chi connectivity index (χ4n) is 2.60. The first kappa shape index (κ1) is 15.3. The van der Waals surface area contributed by atoms with Gasteiger partial charge in [0.05, 0.1) is 12.7 Å². The molecule has 3 nitrogen and oxygen atoms in total. The Morgan fingerprint density at radius 3 is 2.80 bits per heavy atom. The van der Waals surface area contributed by atoms with Crippen molar-refractivity contribution in [1.29, 1.82) is 0 Å². The summed E-state index contributed by atoms with van der Waals surface area (Å²) >= 11 is 0. The largest absolute Gasteiger partial charge is 0.494 e. The highest BCUT2D eigenvalue weighted by atomic mass is 16.5. The lowest BCUT2D eigenvalue weighted by molar-refractivity contribution is 0.0275. The van der Waals surface area contributed by atoms with Gasteiger partial charge >= 0.3 is 0 Å². The quantitative estimate of drug-likeness (QED) is 0.840. The SMILES string of the molecule is Cc1ccc(OCCCN2CCC(C)C(O)C2)cc1C. The third-order valence-electron chi connectivity index (χ3n) is 4.37. The number of likely N-dealkylation sites (tertiary alicyclic amines) is 1. The van der Waals surface area contributed by atoms with Crippen LogP contribution in [0.2, 0.25) is 0 Å². The van der Waals surface area contributed by atoms with E-state index < -0.39 is 0 Å². The molecule has 1 heterocycles. The van der Waals surface area contributed by atoms with Crippen molar-refractivity contribution in [2.24, 2.45) is 5.92 Å². The highest BCUT2D eigenvalue weighted by molar-refractivity contribution is 5.33. The molecule has 1 fully saturated rings. The van der Waals surface area contributed by atoms with Crippen LogP contribution in [-0.4, -0.2) is 42.4 Å². The summed E-state index contributed by atoms with van der Waals surface area (Å²) in [6.45, 7) is 10.0. The highest BCUT2D eigenvalue weighted by Gasteiger charge is 2.23. The topological polar surface area (TPSA) is 32.7 Å². The first-order valence-electron chi connectivity index (χ1n) is 7.66. The molecular formula is C17H27NO2. The zero-order valence-electron chi connectivity index (χ0n) is 12.9. The predicted octanol–water partition coefficient (Wildman–Crippen LogP) is 2.78. The second kappa shape index (κ2) is 7.09. The molecule has 2 rings (SSSR count). The molecule has 3 heteroatoms. The molecule has 1 aliphatic heterocycles. The summed E-state index contributed by atoms with van der Waals surface area (Å²) in [7, 11) is 0. The maximum atomic E-state index is 9.87. The van der Waals surface area contributed by atoms with Gasteiger partial charge in [-0.05, 0) is 62.4 Å². The molecule has 1 aromatic rings. The average Bonchev–Trinajstić information content (AvgIpc) is 2.42. The molecule has 1 saturated heterocycles. The number of benzene rings is 1. The molecule has 2 atom stereocenters. The molecular weight excluding hydrogens is 250 g/mol. The minimum Gasteiger partial charge on any atom is -0.494 e. The van der Waals surface area contributed by atoms with Crippen LogP contribution in [0.15, 0.2) is 18.2 Å². The van der Waals surface area contributed by atoms with Crippen molar-refractivity contribution in [2.45, 2.75) is 39.7 Å². The number of hydrogen-bond donors (Lipinski definition) is 1. The lowest BCUT2D eigenvalue weighted by Gasteiger charge is -2.34. The first-order chi connectivity index (χ1) is 9.56. The first-order valence-corrected chi connectivity index (χ1v) is 7.66. The Bertz CT molecular complexity index is 433. The Labute approximate surface area is 122 Å². The highest BCUT2D eigenvalue weighted by Crippen LogP contribution is 2.18. The van der Waals surface area contributed by atoms with Crippen LogP contribution in [0, 0.1) is 19.8 Å². The molecule has 20 heavy (non-hydrogen) atoms. The van der Waals surface area contributed by atoms with Gasteiger partial charge in [-0.25, -0.2) is 0 Å². The van der Waals surface area contributed by atoms with Crippen LogP contribution in [0.3, 0.4) is 0 Å². The van der Waals surface area contributed by atoms with Gasteiger partial charge in [-0.15, -0.1) is 0 Å². The monoisotopic (exact) mass is 277 g/mol. The summed E-state index contributed by atoms with van der Waals surface area (Å²) in [5.41, 5.74) is 2.57. The molecule has 0 radical (unpaired) electrons. The Hall–Kier alpha value is -1.06. The molecule has 0 amide bonds. The van der Waals surface area contributed by atoms with E-state index in [1.54, 1.807) is 0 Å². The molecule has 0 bridgehead atoms. The van der Waals surface area contributed by atoms with Gasteiger partial charge < -0.3 is 14.7 Å². The van der Waals surface area contributed by atoms with Crippen LogP contribution in [0.1, 0.15) is 30.9 Å². The molecule has 0 aromatic heterocycles. The lowest BCUT2D eigenvalue weighted by atomic mass is 9.96. The Morgan fingerprint density at radius 2 is 2.10 bits per heavy atom. The number of aryl methyl sites for hydroxylation is 2. The van der Waals surface area contributed by atoms with Gasteiger partial charge in [0.1, 0.15) is 5.75 Å². The summed E-state index contributed by atoms with van der Waals surface area (Å²) in [5, 5.41) is 9.87. The van der Waals surface area contributed by atoms with Gasteiger partial charge in [-0.1, -0.05) is 13.0 Å². The van der Waals surface area contributed by atoms with Crippen molar-refractivity contribution in [1.82, 2.24) is 4.90 Å². The Morgan fingerprint density at radius 1 is 1.30 bits per heavy atom. The van der Waals surface area contributed by atoms with E-state index in [4.69, 9.17) is 4.74 Å². The van der Waals surface area contributed by atoms with Crippen molar-refractivity contribution in [3.05, 3.63) is 29.3 Å². The van der Waals surface area contributed by atoms with Crippen molar-refractivity contribution < 1.29 is 9.84 Å². The van der Waals surface area contributed by atoms with Crippen molar-refractivity contribution in [3.8, 4) is 5.75 Å². The zero-order chi connectivity index (χ0) is 14.5. The van der Waals surface area contributed by atoms with Gasteiger partial charge in [0, 0.05) is 13.1 Å². The van der Waals surface area contributed by atoms with Crippen LogP contribution in [0.4, 0.5) is 0 Å². The van der Waals surface area contributed by atoms with Crippen LogP contribution in [0.5, 0.6) is 5.75 Å². The number of piperidine rings is 1. The number of rotatable bonds is 5. The molecule has 112 valence electrons. The number of hydrogen-bond acceptors (Lipinski definition) is 3. The summed E-state index contributed by atoms with van der Waals surface area (Å²) in [5.74, 6) is 1.40. The average molecular weight is 277 g/mol. The summed E-state index contributed by atoms with van der Waals surface area (Å²) in [6, 6.07) is 6.24. The number of nitrogens with zero attached hydrogens (tertiary/aromatic N) is 1. The minimum absolute atomic E-state index is 0.163. The molecule has 1 aromatic carbocycles. The van der Waals surface area contributed by atoms with Gasteiger partial charge in [0.2, 0.25) is 0 Å². The van der Waals surface area contributed by atoms with Gasteiger partial charge in [0.15, 0.2) is 0 Å². The van der Waals surface area contributed by atoms with E-state index in [1.165, 1.54) is 11.1 Å². The Balaban J connectivity index is 1.67. The number of ether oxygens (including phenoxy) is 1. The normalized spacial score (nSPS) is 23.8. The van der Waals surface area contributed by atoms with Crippen LogP contribution >= 0.6 is 0 Å². The van der Waals surface area contributed by atoms with Crippen molar-refractivity contribution in [2.75, 3.05) is 26.2 Å². The van der Waals surface area contributed by atoms with E-state index in [0.29, 0.717) is 5.92 Å². The Kier molecular flexibility index (Phi) is 5.44. The van der Waals surface area contributed by atoms with Crippen LogP contribution in [-0.2, 0) is 0 Å². The summed E-state index contributed by atoms with van der Waals surface area (Å²) in [6.07, 6.45) is 1.94. The summed E-state index contributed by atoms with van der Waals surface area (Å²) < 4.78 is 5.79. The van der Waals surface area contributed by atoms with E-state index >= 15 is 0 Å². The van der Waals surface area contributed by atoms with E-state index in [1.807, 2.05) is 6.07 Å². The molecule has 0 spiro atoms. The maximum Gasteiger partial charge on any atom is 0.119 e. The molecule has 1 aliphatic rings. The van der Waals surface area contributed by atoms with E-state index in [0.717, 1.165) is 44.8 Å². The summed E-state index contributed by atoms with van der Waals surface area (Å²) in [4.78, 5) is 2.34. The maximum absolute atomic E-state index is 9.87. The number of aliphatic hydroxyl groups is 1. The van der Waals surface area contributed by atoms with E-state index in [-0.39, 0.29) is 6.10 Å². The third kappa shape index (κ3) is 4.22. The van der Waals surface area contributed by atoms with Crippen LogP contribution in [0.25, 0.3) is 0 Å². The fraction of sp³-hybridized carbons (Fsp3) is 0.647. The third-order valence-corrected chi connectivity index (χ3v) is 4.37. The smallest absolute Gasteiger partial charge is 0.119 e. The molecule has 2 unspecified atom stereocenters. The van der Waals surface area contributed by atoms with Gasteiger partial charge in [-0.3, -0.25) is 0 Å². The van der Waals surface area contributed by atoms with Crippen molar-refractivity contribution in [3.63, 3.8) is 0 Å². The number of aliphatic hydroxyl groups excluding tert-OH is 1. The second-order valence-corrected chi connectivity index (χ2v) is 6.08. The molecule has 0 saturated carbocycles. The minimum atomic E-state index is -0.163. The number of β-amino-alcohol motifs (C(OH)–C–C–N with tert-alkyl or cyclic N) is 1. The lowest BCUT2D eigenvalue weighted by Crippen LogP contribution is -2.43. The van der Waals surface area contributed by atoms with Crippen molar-refractivity contribution >= 4 is 0 Å². The fourth-order valence-corrected chi connectivity index (χ4v) is 2.60. The van der Waals surface area contributed by atoms with Gasteiger partial charge in [-0.2, -0.15) is 0 Å². The van der Waals surface area contributed by atoms with Gasteiger partial charge in [0.25, 0.3) is 0 Å². The van der Waals surface area contributed by atoms with E-state index in [2.05, 4.69) is 37.8 Å². The van der Waals surface area contributed by atoms with Crippen LogP contribution < -0.4 is 4.74 Å². The molecule has 0 aliphatic carbocycles. The second-order valence-electron chi connectivity index (χ2n) is 6.08. The molecule has 1 N–H and O–H groups in total. The van der Waals surface area contributed by atoms with E-state index in [9.17, 15) is 5.11 Å².